The van der Waals surface area contributed by atoms with E-state index >= 15 is 0 Å². The molecular formula is C16H19N5. The number of aryl methyl sites for hydroxylation is 2. The van der Waals surface area contributed by atoms with Gasteiger partial charge in [-0.2, -0.15) is 10.1 Å². The van der Waals surface area contributed by atoms with Crippen molar-refractivity contribution in [2.24, 2.45) is 0 Å². The number of aromatic amines is 1. The van der Waals surface area contributed by atoms with Gasteiger partial charge in [-0.3, -0.25) is 5.10 Å². The van der Waals surface area contributed by atoms with Crippen molar-refractivity contribution in [1.82, 2.24) is 20.2 Å². The van der Waals surface area contributed by atoms with E-state index < -0.39 is 0 Å². The Morgan fingerprint density at radius 2 is 1.86 bits per heavy atom. The molecular weight excluding hydrogens is 262 g/mol. The van der Waals surface area contributed by atoms with Crippen LogP contribution >= 0.6 is 0 Å². The first-order chi connectivity index (χ1) is 10.2. The van der Waals surface area contributed by atoms with E-state index in [1.54, 1.807) is 6.20 Å². The van der Waals surface area contributed by atoms with Crippen molar-refractivity contribution in [3.8, 4) is 11.3 Å². The molecule has 3 aromatic rings. The molecule has 0 aliphatic carbocycles. The summed E-state index contributed by atoms with van der Waals surface area (Å²) in [6.07, 6.45) is 2.81. The fraction of sp³-hybridized carbons (Fsp3) is 0.312. The molecule has 108 valence electrons. The third-order valence-electron chi connectivity index (χ3n) is 3.34. The van der Waals surface area contributed by atoms with Crippen molar-refractivity contribution in [2.45, 2.75) is 27.2 Å². The highest BCUT2D eigenvalue weighted by molar-refractivity contribution is 5.90. The lowest BCUT2D eigenvalue weighted by molar-refractivity contribution is 0.955. The Balaban J connectivity index is 2.17. The highest BCUT2D eigenvalue weighted by Gasteiger charge is 2.12. The van der Waals surface area contributed by atoms with Gasteiger partial charge in [0.25, 0.3) is 0 Å². The minimum atomic E-state index is 0.641. The van der Waals surface area contributed by atoms with Crippen molar-refractivity contribution in [3.05, 3.63) is 35.5 Å². The van der Waals surface area contributed by atoms with E-state index in [1.807, 2.05) is 0 Å². The molecule has 0 spiro atoms. The number of rotatable bonds is 4. The number of benzene rings is 1. The first kappa shape index (κ1) is 13.5. The maximum atomic E-state index is 4.68. The van der Waals surface area contributed by atoms with Crippen LogP contribution in [0.3, 0.4) is 0 Å². The maximum absolute atomic E-state index is 4.68. The number of fused-ring (bicyclic) bond motifs is 1. The van der Waals surface area contributed by atoms with Crippen LogP contribution in [0.5, 0.6) is 0 Å². The normalized spacial score (nSPS) is 11.0. The van der Waals surface area contributed by atoms with Gasteiger partial charge in [0.05, 0.1) is 17.3 Å². The van der Waals surface area contributed by atoms with Gasteiger partial charge in [0, 0.05) is 12.1 Å². The molecule has 0 aliphatic heterocycles. The van der Waals surface area contributed by atoms with Crippen molar-refractivity contribution < 1.29 is 0 Å². The fourth-order valence-electron chi connectivity index (χ4n) is 2.48. The largest absolute Gasteiger partial charge is 0.354 e. The Hall–Kier alpha value is -2.43. The summed E-state index contributed by atoms with van der Waals surface area (Å²) in [6.45, 7) is 7.17. The Kier molecular flexibility index (Phi) is 3.56. The number of aromatic nitrogens is 4. The van der Waals surface area contributed by atoms with Gasteiger partial charge in [-0.25, -0.2) is 4.98 Å². The van der Waals surface area contributed by atoms with Gasteiger partial charge in [-0.15, -0.1) is 0 Å². The second-order valence-electron chi connectivity index (χ2n) is 5.33. The lowest BCUT2D eigenvalue weighted by Crippen LogP contribution is -2.05. The first-order valence-corrected chi connectivity index (χ1v) is 7.21. The van der Waals surface area contributed by atoms with E-state index in [9.17, 15) is 0 Å². The smallest absolute Gasteiger partial charge is 0.225 e. The van der Waals surface area contributed by atoms with E-state index in [0.717, 1.165) is 35.3 Å². The van der Waals surface area contributed by atoms with E-state index in [1.165, 1.54) is 11.1 Å². The third-order valence-corrected chi connectivity index (χ3v) is 3.34. The highest BCUT2D eigenvalue weighted by atomic mass is 15.2. The Morgan fingerprint density at radius 3 is 2.57 bits per heavy atom. The zero-order valence-corrected chi connectivity index (χ0v) is 12.6. The summed E-state index contributed by atoms with van der Waals surface area (Å²) in [5.41, 5.74) is 5.23. The van der Waals surface area contributed by atoms with E-state index in [0.29, 0.717) is 5.95 Å². The van der Waals surface area contributed by atoms with Crippen LogP contribution in [0.1, 0.15) is 24.5 Å². The fourth-order valence-corrected chi connectivity index (χ4v) is 2.48. The lowest BCUT2D eigenvalue weighted by atomic mass is 10.0. The van der Waals surface area contributed by atoms with Crippen LogP contribution in [-0.4, -0.2) is 26.7 Å². The molecule has 0 saturated heterocycles. The molecule has 0 radical (unpaired) electrons. The molecule has 5 heteroatoms. The van der Waals surface area contributed by atoms with Crippen molar-refractivity contribution >= 4 is 17.0 Å². The quantitative estimate of drug-likeness (QED) is 0.768. The molecule has 0 bridgehead atoms. The average molecular weight is 281 g/mol. The maximum Gasteiger partial charge on any atom is 0.225 e. The Morgan fingerprint density at radius 1 is 1.10 bits per heavy atom. The Bertz CT molecular complexity index is 755. The average Bonchev–Trinajstić information content (AvgIpc) is 2.91. The molecule has 2 heterocycles. The molecule has 21 heavy (non-hydrogen) atoms. The predicted octanol–water partition coefficient (Wildman–Crippen LogP) is 3.46. The molecule has 2 aromatic heterocycles. The minimum Gasteiger partial charge on any atom is -0.354 e. The number of nitrogens with zero attached hydrogens (tertiary/aromatic N) is 3. The monoisotopic (exact) mass is 281 g/mol. The van der Waals surface area contributed by atoms with E-state index in [-0.39, 0.29) is 0 Å². The summed E-state index contributed by atoms with van der Waals surface area (Å²) >= 11 is 0. The standard InChI is InChI=1S/C16H19N5/c1-4-5-17-16-19-14(13-9-18-21-15(13)20-16)12-7-10(2)6-11(3)8-12/h6-9H,4-5H2,1-3H3,(H2,17,18,19,20,21). The summed E-state index contributed by atoms with van der Waals surface area (Å²) in [7, 11) is 0. The number of hydrogen-bond acceptors (Lipinski definition) is 4. The van der Waals surface area contributed by atoms with E-state index in [4.69, 9.17) is 0 Å². The third kappa shape index (κ3) is 2.72. The number of anilines is 1. The molecule has 5 nitrogen and oxygen atoms in total. The second-order valence-corrected chi connectivity index (χ2v) is 5.33. The van der Waals surface area contributed by atoms with Gasteiger partial charge in [0.15, 0.2) is 5.65 Å². The topological polar surface area (TPSA) is 66.5 Å². The van der Waals surface area contributed by atoms with Crippen LogP contribution < -0.4 is 5.32 Å². The number of nitrogens with one attached hydrogen (secondary N) is 2. The summed E-state index contributed by atoms with van der Waals surface area (Å²) in [4.78, 5) is 9.14. The van der Waals surface area contributed by atoms with Crippen molar-refractivity contribution in [2.75, 3.05) is 11.9 Å². The first-order valence-electron chi connectivity index (χ1n) is 7.21. The molecule has 3 rings (SSSR count). The van der Waals surface area contributed by atoms with Gasteiger partial charge < -0.3 is 5.32 Å². The zero-order chi connectivity index (χ0) is 14.8. The predicted molar refractivity (Wildman–Crippen MR) is 85.4 cm³/mol. The highest BCUT2D eigenvalue weighted by Crippen LogP contribution is 2.27. The van der Waals surface area contributed by atoms with Gasteiger partial charge in [-0.1, -0.05) is 24.1 Å². The summed E-state index contributed by atoms with van der Waals surface area (Å²) < 4.78 is 0. The summed E-state index contributed by atoms with van der Waals surface area (Å²) in [5.74, 6) is 0.641. The molecule has 0 unspecified atom stereocenters. The van der Waals surface area contributed by atoms with Gasteiger partial charge >= 0.3 is 0 Å². The van der Waals surface area contributed by atoms with Gasteiger partial charge in [0.2, 0.25) is 5.95 Å². The second kappa shape index (κ2) is 5.52. The van der Waals surface area contributed by atoms with Crippen LogP contribution in [0.2, 0.25) is 0 Å². The zero-order valence-electron chi connectivity index (χ0n) is 12.6. The van der Waals surface area contributed by atoms with Crippen LogP contribution in [0.25, 0.3) is 22.3 Å². The van der Waals surface area contributed by atoms with Crippen LogP contribution in [0.4, 0.5) is 5.95 Å². The number of H-pyrrole nitrogens is 1. The molecule has 0 fully saturated rings. The van der Waals surface area contributed by atoms with E-state index in [2.05, 4.69) is 64.5 Å². The van der Waals surface area contributed by atoms with Crippen LogP contribution in [-0.2, 0) is 0 Å². The van der Waals surface area contributed by atoms with Crippen LogP contribution in [0.15, 0.2) is 24.4 Å². The van der Waals surface area contributed by atoms with Crippen molar-refractivity contribution in [1.29, 1.82) is 0 Å². The molecule has 0 saturated carbocycles. The molecule has 0 atom stereocenters. The van der Waals surface area contributed by atoms with Gasteiger partial charge in [-0.05, 0) is 32.4 Å². The molecule has 2 N–H and O–H groups in total. The molecule has 0 aliphatic rings. The Labute approximate surface area is 123 Å². The lowest BCUT2D eigenvalue weighted by Gasteiger charge is -2.09. The van der Waals surface area contributed by atoms with Crippen LogP contribution in [0, 0.1) is 13.8 Å². The SMILES string of the molecule is CCCNc1nc(-c2cc(C)cc(C)c2)c2cn[nH]c2n1. The summed E-state index contributed by atoms with van der Waals surface area (Å²) in [6, 6.07) is 6.45. The molecule has 1 aromatic carbocycles. The summed E-state index contributed by atoms with van der Waals surface area (Å²) in [5, 5.41) is 11.2. The minimum absolute atomic E-state index is 0.641. The molecule has 0 amide bonds. The van der Waals surface area contributed by atoms with Gasteiger partial charge in [0.1, 0.15) is 0 Å². The van der Waals surface area contributed by atoms with Crippen molar-refractivity contribution in [3.63, 3.8) is 0 Å². The number of hydrogen-bond donors (Lipinski definition) is 2.